The van der Waals surface area contributed by atoms with E-state index in [1.54, 1.807) is 42.3 Å². The number of nitrogens with one attached hydrogen (secondary N) is 2. The van der Waals surface area contributed by atoms with Crippen LogP contribution in [0.25, 0.3) is 0 Å². The summed E-state index contributed by atoms with van der Waals surface area (Å²) in [5, 5.41) is 6.64. The number of ether oxygens (including phenoxy) is 3. The van der Waals surface area contributed by atoms with Gasteiger partial charge in [-0.15, -0.1) is 12.4 Å². The third kappa shape index (κ3) is 10.7. The number of nitrogens with zero attached hydrogens (tertiary/aromatic N) is 1. The maximum Gasteiger partial charge on any atom is 0.256 e. The Balaban J connectivity index is 0.00000583. The number of amides is 2. The number of para-hydroxylation sites is 1. The minimum Gasteiger partial charge on any atom is -0.492 e. The molecule has 2 atom stereocenters. The average Bonchev–Trinajstić information content (AvgIpc) is 3.19. The number of carbonyl (C=O) groups excluding carboxylic acids is 2. The highest BCUT2D eigenvalue weighted by Gasteiger charge is 2.40. The normalized spacial score (nSPS) is 15.7. The smallest absolute Gasteiger partial charge is 0.256 e. The highest BCUT2D eigenvalue weighted by molar-refractivity contribution is 6.30. The first kappa shape index (κ1) is 39.6. The Morgan fingerprint density at radius 2 is 1.71 bits per heavy atom. The van der Waals surface area contributed by atoms with Crippen LogP contribution in [0.2, 0.25) is 5.02 Å². The molecule has 0 saturated heterocycles. The quantitative estimate of drug-likeness (QED) is 0.129. The van der Waals surface area contributed by atoms with Crippen molar-refractivity contribution in [3.63, 3.8) is 0 Å². The number of rotatable bonds is 14. The van der Waals surface area contributed by atoms with E-state index in [0.717, 1.165) is 13.0 Å². The molecule has 5 rings (SSSR count). The molecule has 0 fully saturated rings. The van der Waals surface area contributed by atoms with Gasteiger partial charge in [-0.3, -0.25) is 9.59 Å². The fourth-order valence-electron chi connectivity index (χ4n) is 5.97. The number of fused-ring (bicyclic) bond motifs is 1. The molecule has 1 aliphatic rings. The summed E-state index contributed by atoms with van der Waals surface area (Å²) in [5.41, 5.74) is 3.22. The maximum atomic E-state index is 14.3. The van der Waals surface area contributed by atoms with Gasteiger partial charge >= 0.3 is 0 Å². The zero-order chi connectivity index (χ0) is 35.7. The lowest BCUT2D eigenvalue weighted by atomic mass is 9.94. The summed E-state index contributed by atoms with van der Waals surface area (Å²) in [6, 6.07) is 27.4. The van der Waals surface area contributed by atoms with Crippen molar-refractivity contribution in [1.29, 1.82) is 0 Å². The first-order valence-electron chi connectivity index (χ1n) is 16.8. The molecule has 1 aliphatic heterocycles. The number of methoxy groups -OCH3 is 1. The summed E-state index contributed by atoms with van der Waals surface area (Å²) in [6.07, 6.45) is -1.38. The molecule has 272 valence electrons. The third-order valence-corrected chi connectivity index (χ3v) is 8.54. The molecule has 2 N–H and O–H groups in total. The first-order valence-corrected chi connectivity index (χ1v) is 17.2. The van der Waals surface area contributed by atoms with Crippen LogP contribution < -0.4 is 25.0 Å². The Hall–Kier alpha value is -4.15. The van der Waals surface area contributed by atoms with Gasteiger partial charge in [0.1, 0.15) is 24.6 Å². The van der Waals surface area contributed by atoms with Crippen molar-refractivity contribution in [2.24, 2.45) is 5.41 Å². The number of hydrogen-bond acceptors (Lipinski definition) is 6. The van der Waals surface area contributed by atoms with Gasteiger partial charge in [0, 0.05) is 47.0 Å². The Morgan fingerprint density at radius 1 is 0.961 bits per heavy atom. The lowest BCUT2D eigenvalue weighted by molar-refractivity contribution is -0.138. The van der Waals surface area contributed by atoms with E-state index in [1.807, 2.05) is 63.2 Å². The number of halogens is 3. The minimum atomic E-state index is -1.17. The summed E-state index contributed by atoms with van der Waals surface area (Å²) < 4.78 is 33.0. The van der Waals surface area contributed by atoms with Gasteiger partial charge in [0.25, 0.3) is 5.91 Å². The van der Waals surface area contributed by atoms with Gasteiger partial charge < -0.3 is 29.7 Å². The second kappa shape index (κ2) is 18.4. The van der Waals surface area contributed by atoms with Crippen LogP contribution in [0.4, 0.5) is 10.1 Å². The van der Waals surface area contributed by atoms with E-state index >= 15 is 0 Å². The molecule has 1 heterocycles. The molecule has 0 spiro atoms. The molecule has 51 heavy (non-hydrogen) atoms. The maximum absolute atomic E-state index is 14.3. The molecule has 0 aliphatic carbocycles. The molecule has 4 aromatic carbocycles. The van der Waals surface area contributed by atoms with Gasteiger partial charge in [-0.2, -0.15) is 0 Å². The zero-order valence-electron chi connectivity index (χ0n) is 29.4. The minimum absolute atomic E-state index is 0. The van der Waals surface area contributed by atoms with Crippen LogP contribution in [0.3, 0.4) is 0 Å². The van der Waals surface area contributed by atoms with Gasteiger partial charge in [0.2, 0.25) is 5.91 Å². The van der Waals surface area contributed by atoms with E-state index in [1.165, 1.54) is 11.6 Å². The average molecular weight is 739 g/mol. The molecule has 2 amide bonds. The van der Waals surface area contributed by atoms with E-state index in [9.17, 15) is 14.0 Å². The van der Waals surface area contributed by atoms with Crippen LogP contribution >= 0.6 is 24.0 Å². The van der Waals surface area contributed by atoms with Crippen LogP contribution in [0.5, 0.6) is 11.5 Å². The van der Waals surface area contributed by atoms with E-state index in [2.05, 4.69) is 22.8 Å². The van der Waals surface area contributed by atoms with Crippen molar-refractivity contribution in [3.8, 4) is 11.5 Å². The highest BCUT2D eigenvalue weighted by Crippen LogP contribution is 2.45. The largest absolute Gasteiger partial charge is 0.492 e. The Bertz CT molecular complexity index is 1770. The van der Waals surface area contributed by atoms with Gasteiger partial charge in [-0.25, -0.2) is 4.39 Å². The van der Waals surface area contributed by atoms with Crippen LogP contribution in [-0.4, -0.2) is 51.3 Å². The monoisotopic (exact) mass is 737 g/mol. The summed E-state index contributed by atoms with van der Waals surface area (Å²) in [6.45, 7) is 8.28. The van der Waals surface area contributed by atoms with Crippen molar-refractivity contribution in [2.75, 3.05) is 38.3 Å². The van der Waals surface area contributed by atoms with Crippen LogP contribution in [0, 0.1) is 11.2 Å². The summed E-state index contributed by atoms with van der Waals surface area (Å²) in [4.78, 5) is 29.3. The molecule has 0 saturated carbocycles. The van der Waals surface area contributed by atoms with Crippen molar-refractivity contribution >= 4 is 41.5 Å². The Kier molecular flexibility index (Phi) is 14.3. The summed E-state index contributed by atoms with van der Waals surface area (Å²) in [7, 11) is 1.56. The second-order valence-corrected chi connectivity index (χ2v) is 13.9. The van der Waals surface area contributed by atoms with Crippen LogP contribution in [0.15, 0.2) is 91.0 Å². The molecular weight excluding hydrogens is 692 g/mol. The SMILES string of the molecule is COc1c(OCCNCCc2ccccc2)cccc1[C@H]1O[C@H](CC(=O)NCc2ccccc2F)C(=O)N(CC(C)(C)C)c2ccc(Cl)cc21.Cl. The van der Waals surface area contributed by atoms with Crippen molar-refractivity contribution < 1.29 is 28.2 Å². The fraction of sp³-hybridized carbons (Fsp3) is 0.350. The van der Waals surface area contributed by atoms with E-state index < -0.39 is 23.9 Å². The third-order valence-electron chi connectivity index (χ3n) is 8.31. The van der Waals surface area contributed by atoms with E-state index in [4.69, 9.17) is 25.8 Å². The molecule has 4 aromatic rings. The van der Waals surface area contributed by atoms with Crippen LogP contribution in [-0.2, 0) is 27.3 Å². The molecule has 11 heteroatoms. The van der Waals surface area contributed by atoms with Crippen molar-refractivity contribution in [3.05, 3.63) is 124 Å². The molecule has 0 bridgehead atoms. The standard InChI is InChI=1S/C40H45ClFN3O5.ClH/c1-40(2,3)26-45-33-18-17-29(41)23-31(33)37(50-35(39(45)47)24-36(46)44-25-28-13-8-9-15-32(28)42)30-14-10-16-34(38(30)48-4)49-22-21-43-20-19-27-11-6-5-7-12-27;/h5-18,23,35,37,43H,19-22,24-26H2,1-4H3,(H,44,46);1H/t35-,37-;/m1./s1. The summed E-state index contributed by atoms with van der Waals surface area (Å²) in [5.74, 6) is -0.264. The van der Waals surface area contributed by atoms with E-state index in [-0.39, 0.29) is 36.7 Å². The van der Waals surface area contributed by atoms with Gasteiger partial charge in [-0.1, -0.05) is 93.0 Å². The lowest BCUT2D eigenvalue weighted by Crippen LogP contribution is -2.45. The zero-order valence-corrected chi connectivity index (χ0v) is 31.0. The van der Waals surface area contributed by atoms with Crippen molar-refractivity contribution in [2.45, 2.75) is 52.4 Å². The molecule has 8 nitrogen and oxygen atoms in total. The predicted molar refractivity (Wildman–Crippen MR) is 202 cm³/mol. The highest BCUT2D eigenvalue weighted by atomic mass is 35.5. The fourth-order valence-corrected chi connectivity index (χ4v) is 6.15. The number of carbonyl (C=O) groups is 2. The lowest BCUT2D eigenvalue weighted by Gasteiger charge is -2.31. The molecule has 0 unspecified atom stereocenters. The number of anilines is 1. The first-order chi connectivity index (χ1) is 24.0. The second-order valence-electron chi connectivity index (χ2n) is 13.5. The summed E-state index contributed by atoms with van der Waals surface area (Å²) >= 11 is 6.57. The van der Waals surface area contributed by atoms with E-state index in [0.29, 0.717) is 58.6 Å². The molecule has 0 aromatic heterocycles. The molecular formula is C40H46Cl2FN3O5. The number of hydrogen-bond donors (Lipinski definition) is 2. The predicted octanol–water partition coefficient (Wildman–Crippen LogP) is 7.69. The Labute approximate surface area is 311 Å². The molecule has 0 radical (unpaired) electrons. The Morgan fingerprint density at radius 3 is 2.43 bits per heavy atom. The van der Waals surface area contributed by atoms with Crippen LogP contribution in [0.1, 0.15) is 55.5 Å². The van der Waals surface area contributed by atoms with Crippen molar-refractivity contribution in [1.82, 2.24) is 10.6 Å². The van der Waals surface area contributed by atoms with Gasteiger partial charge in [0.05, 0.1) is 13.5 Å². The van der Waals surface area contributed by atoms with Gasteiger partial charge in [0.15, 0.2) is 11.5 Å². The van der Waals surface area contributed by atoms with Gasteiger partial charge in [-0.05, 0) is 54.3 Å². The topological polar surface area (TPSA) is 89.1 Å². The number of benzene rings is 4.